The summed E-state index contributed by atoms with van der Waals surface area (Å²) >= 11 is 0. The number of anilines is 1. The second-order valence-corrected chi connectivity index (χ2v) is 5.65. The van der Waals surface area contributed by atoms with Crippen LogP contribution in [0, 0.1) is 6.92 Å². The van der Waals surface area contributed by atoms with Crippen molar-refractivity contribution in [3.05, 3.63) is 60.2 Å². The number of hydrogen-bond acceptors (Lipinski definition) is 4. The average Bonchev–Trinajstić information content (AvgIpc) is 2.54. The van der Waals surface area contributed by atoms with E-state index in [0.29, 0.717) is 28.3 Å². The van der Waals surface area contributed by atoms with Crippen LogP contribution in [0.15, 0.2) is 48.8 Å². The van der Waals surface area contributed by atoms with E-state index in [2.05, 4.69) is 15.0 Å². The summed E-state index contributed by atoms with van der Waals surface area (Å²) < 4.78 is 27.4. The highest BCUT2D eigenvalue weighted by Gasteiger charge is 2.27. The van der Waals surface area contributed by atoms with Gasteiger partial charge in [0, 0.05) is 36.3 Å². The number of aryl methyl sites for hydroxylation is 1. The Hall–Kier alpha value is -2.89. The SMILES string of the molecule is Cc1cc(-c2ccc(N)cc2-c2ncccn2)cc(C(C)(F)F)n1. The zero-order valence-electron chi connectivity index (χ0n) is 13.3. The van der Waals surface area contributed by atoms with Gasteiger partial charge in [-0.25, -0.2) is 9.97 Å². The van der Waals surface area contributed by atoms with Crippen LogP contribution in [0.1, 0.15) is 18.3 Å². The van der Waals surface area contributed by atoms with Crippen molar-refractivity contribution in [1.82, 2.24) is 15.0 Å². The highest BCUT2D eigenvalue weighted by Crippen LogP contribution is 2.35. The maximum Gasteiger partial charge on any atom is 0.287 e. The summed E-state index contributed by atoms with van der Waals surface area (Å²) in [4.78, 5) is 12.4. The molecule has 3 rings (SSSR count). The van der Waals surface area contributed by atoms with Crippen molar-refractivity contribution in [2.75, 3.05) is 5.73 Å². The number of aromatic nitrogens is 3. The van der Waals surface area contributed by atoms with Gasteiger partial charge in [0.25, 0.3) is 5.92 Å². The van der Waals surface area contributed by atoms with E-state index >= 15 is 0 Å². The minimum atomic E-state index is -3.02. The lowest BCUT2D eigenvalue weighted by atomic mass is 9.97. The number of rotatable bonds is 3. The molecular weight excluding hydrogens is 310 g/mol. The summed E-state index contributed by atoms with van der Waals surface area (Å²) in [6.07, 6.45) is 3.25. The molecule has 2 aromatic heterocycles. The van der Waals surface area contributed by atoms with Crippen LogP contribution in [0.4, 0.5) is 14.5 Å². The van der Waals surface area contributed by atoms with Crippen molar-refractivity contribution in [2.24, 2.45) is 0 Å². The normalized spacial score (nSPS) is 11.5. The molecule has 0 atom stereocenters. The molecule has 0 amide bonds. The van der Waals surface area contributed by atoms with E-state index in [0.717, 1.165) is 12.5 Å². The lowest BCUT2D eigenvalue weighted by Crippen LogP contribution is -2.10. The number of nitrogens with zero attached hydrogens (tertiary/aromatic N) is 3. The number of benzene rings is 1. The molecule has 0 aliphatic rings. The van der Waals surface area contributed by atoms with Crippen LogP contribution in [0.3, 0.4) is 0 Å². The Kier molecular flexibility index (Phi) is 3.97. The third-order valence-corrected chi connectivity index (χ3v) is 3.56. The molecule has 24 heavy (non-hydrogen) atoms. The van der Waals surface area contributed by atoms with Gasteiger partial charge in [-0.1, -0.05) is 6.07 Å². The lowest BCUT2D eigenvalue weighted by Gasteiger charge is -2.15. The van der Waals surface area contributed by atoms with E-state index in [-0.39, 0.29) is 5.69 Å². The maximum absolute atomic E-state index is 13.7. The van der Waals surface area contributed by atoms with Gasteiger partial charge in [0.15, 0.2) is 5.82 Å². The van der Waals surface area contributed by atoms with Crippen LogP contribution >= 0.6 is 0 Å². The van der Waals surface area contributed by atoms with Gasteiger partial charge in [-0.2, -0.15) is 8.78 Å². The van der Waals surface area contributed by atoms with Gasteiger partial charge in [-0.05, 0) is 48.4 Å². The summed E-state index contributed by atoms with van der Waals surface area (Å²) in [5, 5.41) is 0. The van der Waals surface area contributed by atoms with Crippen LogP contribution in [-0.2, 0) is 5.92 Å². The first-order chi connectivity index (χ1) is 11.3. The molecular formula is C18H16F2N4. The number of nitrogen functional groups attached to an aromatic ring is 1. The standard InChI is InChI=1S/C18H16F2N4/c1-11-8-12(9-16(24-11)18(2,19)20)14-5-4-13(21)10-15(14)17-22-6-3-7-23-17/h3-10H,21H2,1-2H3. The summed E-state index contributed by atoms with van der Waals surface area (Å²) in [5.74, 6) is -2.53. The van der Waals surface area contributed by atoms with Gasteiger partial charge < -0.3 is 5.73 Å². The largest absolute Gasteiger partial charge is 0.399 e. The first kappa shape index (κ1) is 16.0. The molecule has 6 heteroatoms. The van der Waals surface area contributed by atoms with Crippen LogP contribution in [0.2, 0.25) is 0 Å². The van der Waals surface area contributed by atoms with E-state index in [9.17, 15) is 8.78 Å². The van der Waals surface area contributed by atoms with Crippen molar-refractivity contribution in [2.45, 2.75) is 19.8 Å². The van der Waals surface area contributed by atoms with Crippen LogP contribution in [0.25, 0.3) is 22.5 Å². The number of nitrogens with two attached hydrogens (primary N) is 1. The van der Waals surface area contributed by atoms with Crippen LogP contribution < -0.4 is 5.73 Å². The predicted octanol–water partition coefficient (Wildman–Crippen LogP) is 4.21. The molecule has 0 radical (unpaired) electrons. The molecule has 0 fully saturated rings. The molecule has 0 saturated heterocycles. The highest BCUT2D eigenvalue weighted by atomic mass is 19.3. The lowest BCUT2D eigenvalue weighted by molar-refractivity contribution is 0.0127. The first-order valence-corrected chi connectivity index (χ1v) is 7.39. The van der Waals surface area contributed by atoms with E-state index in [1.165, 1.54) is 6.07 Å². The maximum atomic E-state index is 13.7. The molecule has 0 bridgehead atoms. The summed E-state index contributed by atoms with van der Waals surface area (Å²) in [6, 6.07) is 10.1. The zero-order valence-corrected chi connectivity index (χ0v) is 13.3. The second-order valence-electron chi connectivity index (χ2n) is 5.65. The fraction of sp³-hybridized carbons (Fsp3) is 0.167. The molecule has 0 aliphatic carbocycles. The van der Waals surface area contributed by atoms with Gasteiger partial charge in [-0.15, -0.1) is 0 Å². The number of hydrogen-bond donors (Lipinski definition) is 1. The van der Waals surface area contributed by atoms with Gasteiger partial charge >= 0.3 is 0 Å². The van der Waals surface area contributed by atoms with Gasteiger partial charge in [0.05, 0.1) is 0 Å². The van der Waals surface area contributed by atoms with Crippen LogP contribution in [-0.4, -0.2) is 15.0 Å². The Labute approximate surface area is 138 Å². The topological polar surface area (TPSA) is 64.7 Å². The third kappa shape index (κ3) is 3.22. The van der Waals surface area contributed by atoms with Crippen molar-refractivity contribution in [3.63, 3.8) is 0 Å². The molecule has 0 spiro atoms. The monoisotopic (exact) mass is 326 g/mol. The van der Waals surface area contributed by atoms with E-state index < -0.39 is 5.92 Å². The van der Waals surface area contributed by atoms with E-state index in [1.807, 2.05) is 0 Å². The van der Waals surface area contributed by atoms with Gasteiger partial charge in [0.1, 0.15) is 5.69 Å². The Morgan fingerprint density at radius 3 is 2.38 bits per heavy atom. The van der Waals surface area contributed by atoms with Crippen LogP contribution in [0.5, 0.6) is 0 Å². The van der Waals surface area contributed by atoms with E-state index in [1.54, 1.807) is 49.6 Å². The minimum absolute atomic E-state index is 0.269. The fourth-order valence-electron chi connectivity index (χ4n) is 2.49. The first-order valence-electron chi connectivity index (χ1n) is 7.39. The van der Waals surface area contributed by atoms with Gasteiger partial charge in [-0.3, -0.25) is 4.98 Å². The second kappa shape index (κ2) is 5.96. The average molecular weight is 326 g/mol. The Balaban J connectivity index is 2.23. The van der Waals surface area contributed by atoms with Crippen molar-refractivity contribution >= 4 is 5.69 Å². The molecule has 2 heterocycles. The Morgan fingerprint density at radius 2 is 1.71 bits per heavy atom. The highest BCUT2D eigenvalue weighted by molar-refractivity contribution is 5.83. The van der Waals surface area contributed by atoms with Gasteiger partial charge in [0.2, 0.25) is 0 Å². The summed E-state index contributed by atoms with van der Waals surface area (Å²) in [6.45, 7) is 2.53. The quantitative estimate of drug-likeness (QED) is 0.732. The molecule has 4 nitrogen and oxygen atoms in total. The third-order valence-electron chi connectivity index (χ3n) is 3.56. The fourth-order valence-corrected chi connectivity index (χ4v) is 2.49. The number of alkyl halides is 2. The zero-order chi connectivity index (χ0) is 17.3. The molecule has 1 aromatic carbocycles. The number of halogens is 2. The van der Waals surface area contributed by atoms with Crippen molar-refractivity contribution in [3.8, 4) is 22.5 Å². The summed E-state index contributed by atoms with van der Waals surface area (Å²) in [7, 11) is 0. The minimum Gasteiger partial charge on any atom is -0.399 e. The smallest absolute Gasteiger partial charge is 0.287 e. The Bertz CT molecular complexity index is 874. The predicted molar refractivity (Wildman–Crippen MR) is 89.4 cm³/mol. The molecule has 122 valence electrons. The molecule has 3 aromatic rings. The molecule has 2 N–H and O–H groups in total. The van der Waals surface area contributed by atoms with E-state index in [4.69, 9.17) is 5.73 Å². The molecule has 0 aliphatic heterocycles. The molecule has 0 saturated carbocycles. The Morgan fingerprint density at radius 1 is 1.00 bits per heavy atom. The van der Waals surface area contributed by atoms with Crippen molar-refractivity contribution in [1.29, 1.82) is 0 Å². The molecule has 0 unspecified atom stereocenters. The van der Waals surface area contributed by atoms with Crippen molar-refractivity contribution < 1.29 is 8.78 Å². The number of pyridine rings is 1. The summed E-state index contributed by atoms with van der Waals surface area (Å²) in [5.41, 5.74) is 8.72.